The molecular formula is C14H12N6O4. The second-order valence-corrected chi connectivity index (χ2v) is 4.59. The van der Waals surface area contributed by atoms with Gasteiger partial charge in [-0.25, -0.2) is 14.0 Å². The van der Waals surface area contributed by atoms with Crippen molar-refractivity contribution in [2.75, 3.05) is 7.11 Å². The maximum atomic E-state index is 12.1. The van der Waals surface area contributed by atoms with Gasteiger partial charge in [0, 0.05) is 0 Å². The van der Waals surface area contributed by atoms with Gasteiger partial charge in [0.2, 0.25) is 5.88 Å². The average Bonchev–Trinajstić information content (AvgIpc) is 3.08. The highest BCUT2D eigenvalue weighted by atomic mass is 16.5. The summed E-state index contributed by atoms with van der Waals surface area (Å²) in [5.41, 5.74) is -1.50. The fraction of sp³-hybridized carbons (Fsp3) is 0.0714. The first-order chi connectivity index (χ1) is 11.6. The van der Waals surface area contributed by atoms with Gasteiger partial charge in [-0.05, 0) is 12.1 Å². The first kappa shape index (κ1) is 15.2. The molecule has 0 atom stereocenters. The molecule has 0 saturated heterocycles. The van der Waals surface area contributed by atoms with Crippen LogP contribution in [-0.2, 0) is 0 Å². The highest BCUT2D eigenvalue weighted by Gasteiger charge is 2.16. The summed E-state index contributed by atoms with van der Waals surface area (Å²) in [6.45, 7) is 0. The Labute approximate surface area is 134 Å². The number of rotatable bonds is 4. The van der Waals surface area contributed by atoms with Crippen molar-refractivity contribution < 1.29 is 9.84 Å². The Morgan fingerprint density at radius 3 is 2.67 bits per heavy atom. The zero-order valence-corrected chi connectivity index (χ0v) is 12.4. The fourth-order valence-corrected chi connectivity index (χ4v) is 2.07. The molecule has 24 heavy (non-hydrogen) atoms. The third-order valence-corrected chi connectivity index (χ3v) is 3.17. The number of benzene rings is 1. The second kappa shape index (κ2) is 6.20. The van der Waals surface area contributed by atoms with E-state index in [1.165, 1.54) is 24.4 Å². The normalized spacial score (nSPS) is 11.0. The van der Waals surface area contributed by atoms with Crippen LogP contribution in [0, 0.1) is 0 Å². The second-order valence-electron chi connectivity index (χ2n) is 4.59. The van der Waals surface area contributed by atoms with Crippen LogP contribution in [0.25, 0.3) is 5.69 Å². The van der Waals surface area contributed by atoms with Gasteiger partial charge in [-0.3, -0.25) is 9.78 Å². The molecule has 122 valence electrons. The Morgan fingerprint density at radius 2 is 1.96 bits per heavy atom. The van der Waals surface area contributed by atoms with Crippen LogP contribution in [0.15, 0.2) is 51.6 Å². The standard InChI is InChI=1S/C14H12N6O4/c1-24-11-5-3-2-4-10(11)20-13(22)9(12(21)18-14(20)23)6-17-19-7-15-16-8-19/h2-8,22H,1H3,(H,18,21,23). The van der Waals surface area contributed by atoms with E-state index >= 15 is 0 Å². The minimum absolute atomic E-state index is 0.200. The topological polar surface area (TPSA) is 127 Å². The van der Waals surface area contributed by atoms with Gasteiger partial charge in [0.05, 0.1) is 19.0 Å². The number of H-pyrrole nitrogens is 1. The predicted molar refractivity (Wildman–Crippen MR) is 83.9 cm³/mol. The molecule has 2 aromatic heterocycles. The molecule has 0 amide bonds. The van der Waals surface area contributed by atoms with Gasteiger partial charge in [-0.2, -0.15) is 5.10 Å². The Kier molecular flexibility index (Phi) is 3.93. The van der Waals surface area contributed by atoms with Crippen molar-refractivity contribution >= 4 is 6.21 Å². The third kappa shape index (κ3) is 2.67. The number of nitrogens with one attached hydrogen (secondary N) is 1. The number of hydrogen-bond donors (Lipinski definition) is 2. The van der Waals surface area contributed by atoms with E-state index in [0.717, 1.165) is 10.8 Å². The van der Waals surface area contributed by atoms with Crippen LogP contribution in [0.4, 0.5) is 0 Å². The monoisotopic (exact) mass is 328 g/mol. The average molecular weight is 328 g/mol. The maximum Gasteiger partial charge on any atom is 0.335 e. The van der Waals surface area contributed by atoms with E-state index in [2.05, 4.69) is 20.3 Å². The first-order valence-corrected chi connectivity index (χ1v) is 6.72. The Morgan fingerprint density at radius 1 is 1.25 bits per heavy atom. The lowest BCUT2D eigenvalue weighted by atomic mass is 10.2. The van der Waals surface area contributed by atoms with Crippen molar-refractivity contribution in [1.82, 2.24) is 24.4 Å². The molecular weight excluding hydrogens is 316 g/mol. The molecule has 10 heteroatoms. The summed E-state index contributed by atoms with van der Waals surface area (Å²) in [4.78, 5) is 26.2. The molecule has 0 spiro atoms. The van der Waals surface area contributed by atoms with Crippen LogP contribution in [0.5, 0.6) is 11.6 Å². The predicted octanol–water partition coefficient (Wildman–Crippen LogP) is -0.286. The number of aromatic nitrogens is 5. The highest BCUT2D eigenvalue weighted by molar-refractivity contribution is 5.82. The van der Waals surface area contributed by atoms with E-state index in [1.54, 1.807) is 24.3 Å². The lowest BCUT2D eigenvalue weighted by Gasteiger charge is -2.12. The largest absolute Gasteiger partial charge is 0.495 e. The Hall–Kier alpha value is -3.69. The number of aromatic amines is 1. The van der Waals surface area contributed by atoms with Gasteiger partial charge >= 0.3 is 5.69 Å². The molecule has 3 rings (SSSR count). The van der Waals surface area contributed by atoms with E-state index < -0.39 is 17.1 Å². The van der Waals surface area contributed by atoms with E-state index in [-0.39, 0.29) is 11.3 Å². The SMILES string of the molecule is COc1ccccc1-n1c(O)c(C=Nn2cnnc2)c(=O)[nH]c1=O. The molecule has 0 aliphatic rings. The van der Waals surface area contributed by atoms with Crippen molar-refractivity contribution in [1.29, 1.82) is 0 Å². The third-order valence-electron chi connectivity index (χ3n) is 3.17. The number of para-hydroxylation sites is 2. The molecule has 0 fully saturated rings. The van der Waals surface area contributed by atoms with Crippen LogP contribution in [0.1, 0.15) is 5.56 Å². The summed E-state index contributed by atoms with van der Waals surface area (Å²) in [7, 11) is 1.43. The summed E-state index contributed by atoms with van der Waals surface area (Å²) in [5.74, 6) is -0.214. The zero-order valence-electron chi connectivity index (χ0n) is 12.4. The Balaban J connectivity index is 2.20. The van der Waals surface area contributed by atoms with Crippen LogP contribution in [-0.4, -0.2) is 42.9 Å². The zero-order chi connectivity index (χ0) is 17.1. The molecule has 10 nitrogen and oxygen atoms in total. The van der Waals surface area contributed by atoms with Crippen molar-refractivity contribution in [3.8, 4) is 17.3 Å². The molecule has 0 aliphatic heterocycles. The van der Waals surface area contributed by atoms with Gasteiger partial charge in [0.15, 0.2) is 0 Å². The number of ether oxygens (including phenoxy) is 1. The molecule has 0 saturated carbocycles. The summed E-state index contributed by atoms with van der Waals surface area (Å²) in [5, 5.41) is 21.4. The van der Waals surface area contributed by atoms with Gasteiger partial charge < -0.3 is 9.84 Å². The molecule has 0 radical (unpaired) electrons. The van der Waals surface area contributed by atoms with Crippen LogP contribution in [0.2, 0.25) is 0 Å². The molecule has 3 aromatic rings. The number of nitrogens with zero attached hydrogens (tertiary/aromatic N) is 5. The first-order valence-electron chi connectivity index (χ1n) is 6.72. The van der Waals surface area contributed by atoms with Gasteiger partial charge in [-0.1, -0.05) is 12.1 Å². The van der Waals surface area contributed by atoms with Crippen molar-refractivity contribution in [2.45, 2.75) is 0 Å². The van der Waals surface area contributed by atoms with Crippen molar-refractivity contribution in [2.24, 2.45) is 5.10 Å². The van der Waals surface area contributed by atoms with Crippen molar-refractivity contribution in [3.05, 3.63) is 63.3 Å². The van der Waals surface area contributed by atoms with Crippen LogP contribution >= 0.6 is 0 Å². The number of methoxy groups -OCH3 is 1. The van der Waals surface area contributed by atoms with Gasteiger partial charge in [0.1, 0.15) is 24.0 Å². The van der Waals surface area contributed by atoms with Gasteiger partial charge in [-0.15, -0.1) is 10.2 Å². The molecule has 1 aromatic carbocycles. The molecule has 0 aliphatic carbocycles. The molecule has 0 unspecified atom stereocenters. The van der Waals surface area contributed by atoms with Gasteiger partial charge in [0.25, 0.3) is 5.56 Å². The quantitative estimate of drug-likeness (QED) is 0.634. The lowest BCUT2D eigenvalue weighted by Crippen LogP contribution is -2.31. The smallest absolute Gasteiger partial charge is 0.335 e. The number of hydrogen-bond acceptors (Lipinski definition) is 7. The van der Waals surface area contributed by atoms with E-state index in [1.807, 2.05) is 0 Å². The highest BCUT2D eigenvalue weighted by Crippen LogP contribution is 2.24. The maximum absolute atomic E-state index is 12.1. The minimum Gasteiger partial charge on any atom is -0.495 e. The molecule has 2 N–H and O–H groups in total. The molecule has 2 heterocycles. The van der Waals surface area contributed by atoms with E-state index in [0.29, 0.717) is 5.75 Å². The van der Waals surface area contributed by atoms with Crippen LogP contribution < -0.4 is 16.0 Å². The molecule has 0 bridgehead atoms. The summed E-state index contributed by atoms with van der Waals surface area (Å²) < 4.78 is 7.34. The summed E-state index contributed by atoms with van der Waals surface area (Å²) in [6, 6.07) is 6.57. The lowest BCUT2D eigenvalue weighted by molar-refractivity contribution is 0.401. The summed E-state index contributed by atoms with van der Waals surface area (Å²) >= 11 is 0. The van der Waals surface area contributed by atoms with E-state index in [4.69, 9.17) is 4.74 Å². The van der Waals surface area contributed by atoms with E-state index in [9.17, 15) is 14.7 Å². The Bertz CT molecular complexity index is 1000. The summed E-state index contributed by atoms with van der Waals surface area (Å²) in [6.07, 6.45) is 3.71. The van der Waals surface area contributed by atoms with Crippen LogP contribution in [0.3, 0.4) is 0 Å². The fourth-order valence-electron chi connectivity index (χ4n) is 2.07. The number of aromatic hydroxyl groups is 1. The van der Waals surface area contributed by atoms with Crippen molar-refractivity contribution in [3.63, 3.8) is 0 Å². The minimum atomic E-state index is -0.802.